The lowest BCUT2D eigenvalue weighted by Gasteiger charge is -2.03. The highest BCUT2D eigenvalue weighted by molar-refractivity contribution is 5.80. The van der Waals surface area contributed by atoms with Gasteiger partial charge < -0.3 is 9.84 Å². The van der Waals surface area contributed by atoms with Crippen LogP contribution in [0.15, 0.2) is 48.7 Å². The molecule has 0 radical (unpaired) electrons. The van der Waals surface area contributed by atoms with E-state index in [1.54, 1.807) is 6.20 Å². The summed E-state index contributed by atoms with van der Waals surface area (Å²) in [5.41, 5.74) is 0.904. The predicted molar refractivity (Wildman–Crippen MR) is 64.0 cm³/mol. The van der Waals surface area contributed by atoms with Gasteiger partial charge in [0, 0.05) is 11.5 Å². The maximum atomic E-state index is 10.2. The number of aromatic nitrogens is 1. The van der Waals surface area contributed by atoms with Gasteiger partial charge in [0.25, 0.3) is 0 Å². The number of hydrogen-bond donors (Lipinski definition) is 1. The second kappa shape index (κ2) is 5.12. The van der Waals surface area contributed by atoms with Gasteiger partial charge in [-0.1, -0.05) is 18.2 Å². The highest BCUT2D eigenvalue weighted by Crippen LogP contribution is 2.17. The third-order valence-electron chi connectivity index (χ3n) is 2.17. The average molecular weight is 229 g/mol. The first kappa shape index (κ1) is 11.1. The number of para-hydroxylation sites is 1. The lowest BCUT2D eigenvalue weighted by atomic mass is 10.2. The van der Waals surface area contributed by atoms with Crippen LogP contribution in [0.5, 0.6) is 5.75 Å². The van der Waals surface area contributed by atoms with Crippen molar-refractivity contribution in [2.75, 3.05) is 6.61 Å². The minimum atomic E-state index is -0.981. The summed E-state index contributed by atoms with van der Waals surface area (Å²) in [5, 5.41) is 9.39. The van der Waals surface area contributed by atoms with Crippen LogP contribution in [-0.4, -0.2) is 22.7 Å². The van der Waals surface area contributed by atoms with E-state index in [-0.39, 0.29) is 6.61 Å². The number of fused-ring (bicyclic) bond motifs is 1. The second-order valence-electron chi connectivity index (χ2n) is 3.42. The number of pyridine rings is 1. The SMILES string of the molecule is O=C(O)/C=C/COc1cnc2ccccc2c1. The summed E-state index contributed by atoms with van der Waals surface area (Å²) in [6.45, 7) is 0.215. The molecule has 0 aliphatic heterocycles. The van der Waals surface area contributed by atoms with Crippen LogP contribution in [0.2, 0.25) is 0 Å². The molecule has 2 aromatic rings. The van der Waals surface area contributed by atoms with Crippen molar-refractivity contribution in [3.8, 4) is 5.75 Å². The second-order valence-corrected chi connectivity index (χ2v) is 3.42. The van der Waals surface area contributed by atoms with E-state index in [1.807, 2.05) is 30.3 Å². The number of carboxylic acid groups (broad SMARTS) is 1. The van der Waals surface area contributed by atoms with Crippen molar-refractivity contribution >= 4 is 16.9 Å². The molecule has 1 heterocycles. The minimum absolute atomic E-state index is 0.215. The van der Waals surface area contributed by atoms with Crippen molar-refractivity contribution in [3.05, 3.63) is 48.7 Å². The monoisotopic (exact) mass is 229 g/mol. The highest BCUT2D eigenvalue weighted by Gasteiger charge is 1.97. The predicted octanol–water partition coefficient (Wildman–Crippen LogP) is 2.25. The van der Waals surface area contributed by atoms with Gasteiger partial charge in [-0.05, 0) is 18.2 Å². The fourth-order valence-electron chi connectivity index (χ4n) is 1.42. The fourth-order valence-corrected chi connectivity index (χ4v) is 1.42. The molecule has 0 spiro atoms. The zero-order chi connectivity index (χ0) is 12.1. The number of nitrogens with zero attached hydrogens (tertiary/aromatic N) is 1. The van der Waals surface area contributed by atoms with Crippen molar-refractivity contribution in [1.29, 1.82) is 0 Å². The highest BCUT2D eigenvalue weighted by atomic mass is 16.5. The quantitative estimate of drug-likeness (QED) is 0.817. The van der Waals surface area contributed by atoms with Gasteiger partial charge in [-0.25, -0.2) is 4.79 Å². The lowest BCUT2D eigenvalue weighted by Crippen LogP contribution is -1.96. The van der Waals surface area contributed by atoms with E-state index in [2.05, 4.69) is 4.98 Å². The molecule has 0 aliphatic rings. The Kier molecular flexibility index (Phi) is 3.35. The molecular formula is C13H11NO3. The number of aliphatic carboxylic acids is 1. The molecule has 1 aromatic carbocycles. The van der Waals surface area contributed by atoms with E-state index in [4.69, 9.17) is 9.84 Å². The zero-order valence-electron chi connectivity index (χ0n) is 9.04. The summed E-state index contributed by atoms with van der Waals surface area (Å²) in [6.07, 6.45) is 4.11. The maximum absolute atomic E-state index is 10.2. The number of carbonyl (C=O) groups is 1. The van der Waals surface area contributed by atoms with Gasteiger partial charge in [0.15, 0.2) is 0 Å². The van der Waals surface area contributed by atoms with Gasteiger partial charge in [0.1, 0.15) is 12.4 Å². The lowest BCUT2D eigenvalue weighted by molar-refractivity contribution is -0.131. The molecule has 0 bridgehead atoms. The van der Waals surface area contributed by atoms with Gasteiger partial charge in [-0.15, -0.1) is 0 Å². The summed E-state index contributed by atoms with van der Waals surface area (Å²) >= 11 is 0. The van der Waals surface area contributed by atoms with Crippen LogP contribution in [0.4, 0.5) is 0 Å². The Hall–Kier alpha value is -2.36. The van der Waals surface area contributed by atoms with E-state index in [9.17, 15) is 4.79 Å². The van der Waals surface area contributed by atoms with Crippen molar-refractivity contribution in [1.82, 2.24) is 4.98 Å². The summed E-state index contributed by atoms with van der Waals surface area (Å²) in [7, 11) is 0. The molecule has 1 N–H and O–H groups in total. The van der Waals surface area contributed by atoms with E-state index < -0.39 is 5.97 Å². The largest absolute Gasteiger partial charge is 0.488 e. The molecular weight excluding hydrogens is 218 g/mol. The normalized spacial score (nSPS) is 10.8. The molecule has 86 valence electrons. The molecule has 17 heavy (non-hydrogen) atoms. The number of benzene rings is 1. The minimum Gasteiger partial charge on any atom is -0.488 e. The Morgan fingerprint density at radius 3 is 3.06 bits per heavy atom. The van der Waals surface area contributed by atoms with Gasteiger partial charge in [0.2, 0.25) is 0 Å². The van der Waals surface area contributed by atoms with Crippen molar-refractivity contribution < 1.29 is 14.6 Å². The first-order valence-corrected chi connectivity index (χ1v) is 5.13. The number of ether oxygens (including phenoxy) is 1. The topological polar surface area (TPSA) is 59.4 Å². The third kappa shape index (κ3) is 3.04. The molecule has 1 aromatic heterocycles. The molecule has 0 aliphatic carbocycles. The van der Waals surface area contributed by atoms with Crippen LogP contribution in [0.3, 0.4) is 0 Å². The number of carboxylic acids is 1. The molecule has 2 rings (SSSR count). The van der Waals surface area contributed by atoms with Crippen LogP contribution in [0, 0.1) is 0 Å². The third-order valence-corrected chi connectivity index (χ3v) is 2.17. The fraction of sp³-hybridized carbons (Fsp3) is 0.0769. The smallest absolute Gasteiger partial charge is 0.328 e. The Morgan fingerprint density at radius 1 is 1.41 bits per heavy atom. The Bertz CT molecular complexity index is 563. The van der Waals surface area contributed by atoms with Gasteiger partial charge in [-0.3, -0.25) is 4.98 Å². The molecule has 0 saturated carbocycles. The first-order valence-electron chi connectivity index (χ1n) is 5.13. The van der Waals surface area contributed by atoms with Gasteiger partial charge >= 0.3 is 5.97 Å². The Balaban J connectivity index is 2.07. The molecule has 4 heteroatoms. The summed E-state index contributed by atoms with van der Waals surface area (Å²) < 4.78 is 5.35. The molecule has 0 fully saturated rings. The maximum Gasteiger partial charge on any atom is 0.328 e. The van der Waals surface area contributed by atoms with Crippen LogP contribution >= 0.6 is 0 Å². The molecule has 0 unspecified atom stereocenters. The molecule has 0 saturated heterocycles. The van der Waals surface area contributed by atoms with Gasteiger partial charge in [-0.2, -0.15) is 0 Å². The molecule has 4 nitrogen and oxygen atoms in total. The van der Waals surface area contributed by atoms with Crippen LogP contribution < -0.4 is 4.74 Å². The van der Waals surface area contributed by atoms with Crippen LogP contribution in [-0.2, 0) is 4.79 Å². The molecule has 0 atom stereocenters. The zero-order valence-corrected chi connectivity index (χ0v) is 9.04. The summed E-state index contributed by atoms with van der Waals surface area (Å²) in [6, 6.07) is 9.59. The van der Waals surface area contributed by atoms with Crippen molar-refractivity contribution in [2.24, 2.45) is 0 Å². The van der Waals surface area contributed by atoms with E-state index in [0.717, 1.165) is 17.0 Å². The van der Waals surface area contributed by atoms with Crippen LogP contribution in [0.25, 0.3) is 10.9 Å². The Morgan fingerprint density at radius 2 is 2.24 bits per heavy atom. The summed E-state index contributed by atoms with van der Waals surface area (Å²) in [5.74, 6) is -0.357. The van der Waals surface area contributed by atoms with Crippen molar-refractivity contribution in [3.63, 3.8) is 0 Å². The standard InChI is InChI=1S/C13H11NO3/c15-13(16)6-3-7-17-11-8-10-4-1-2-5-12(10)14-9-11/h1-6,8-9H,7H2,(H,15,16)/b6-3+. The van der Waals surface area contributed by atoms with Gasteiger partial charge in [0.05, 0.1) is 11.7 Å². The average Bonchev–Trinajstić information content (AvgIpc) is 2.34. The molecule has 0 amide bonds. The summed E-state index contributed by atoms with van der Waals surface area (Å²) in [4.78, 5) is 14.5. The first-order chi connectivity index (χ1) is 8.25. The van der Waals surface area contributed by atoms with Crippen LogP contribution in [0.1, 0.15) is 0 Å². The number of hydrogen-bond acceptors (Lipinski definition) is 3. The van der Waals surface area contributed by atoms with E-state index in [1.165, 1.54) is 6.08 Å². The van der Waals surface area contributed by atoms with Crippen molar-refractivity contribution in [2.45, 2.75) is 0 Å². The number of rotatable bonds is 4. The Labute approximate surface area is 98.2 Å². The van der Waals surface area contributed by atoms with E-state index in [0.29, 0.717) is 5.75 Å². The van der Waals surface area contributed by atoms with E-state index >= 15 is 0 Å².